The lowest BCUT2D eigenvalue weighted by Crippen LogP contribution is -2.25. The minimum Gasteiger partial charge on any atom is -0.434 e. The first-order valence-electron chi connectivity index (χ1n) is 13.2. The predicted molar refractivity (Wildman–Crippen MR) is 151 cm³/mol. The topological polar surface area (TPSA) is 149 Å². The molecule has 1 aliphatic rings. The van der Waals surface area contributed by atoms with E-state index in [4.69, 9.17) is 24.2 Å². The van der Waals surface area contributed by atoms with E-state index in [0.29, 0.717) is 35.2 Å². The molecule has 12 nitrogen and oxygen atoms in total. The summed E-state index contributed by atoms with van der Waals surface area (Å²) < 4.78 is 54.5. The third-order valence-electron chi connectivity index (χ3n) is 7.31. The third kappa shape index (κ3) is 6.43. The molecule has 0 aliphatic carbocycles. The van der Waals surface area contributed by atoms with Crippen LogP contribution >= 0.6 is 7.82 Å². The van der Waals surface area contributed by atoms with Gasteiger partial charge in [-0.3, -0.25) is 9.32 Å². The van der Waals surface area contributed by atoms with Crippen LogP contribution in [0.2, 0.25) is 0 Å². The van der Waals surface area contributed by atoms with E-state index in [-0.39, 0.29) is 17.5 Å². The lowest BCUT2D eigenvalue weighted by molar-refractivity contribution is -0.116. The second-order valence-corrected chi connectivity index (χ2v) is 11.7. The Morgan fingerprint density at radius 2 is 1.91 bits per heavy atom. The number of alkyl halides is 2. The Kier molecular flexibility index (Phi) is 8.34. The number of anilines is 1. The minimum atomic E-state index is -4.69. The van der Waals surface area contributed by atoms with Gasteiger partial charge in [-0.15, -0.1) is 0 Å². The van der Waals surface area contributed by atoms with Crippen molar-refractivity contribution < 1.29 is 41.9 Å². The number of fused-ring (bicyclic) bond motifs is 3. The summed E-state index contributed by atoms with van der Waals surface area (Å²) >= 11 is 0. The van der Waals surface area contributed by atoms with Crippen LogP contribution in [0.15, 0.2) is 48.8 Å². The summed E-state index contributed by atoms with van der Waals surface area (Å²) in [4.78, 5) is 45.0. The lowest BCUT2D eigenvalue weighted by Gasteiger charge is -2.26. The maximum absolute atomic E-state index is 13.4. The summed E-state index contributed by atoms with van der Waals surface area (Å²) in [5.41, 5.74) is 2.78. The van der Waals surface area contributed by atoms with Crippen LogP contribution in [0, 0.1) is 0 Å². The van der Waals surface area contributed by atoms with Crippen molar-refractivity contribution in [3.63, 3.8) is 0 Å². The van der Waals surface area contributed by atoms with Crippen LogP contribution in [0.5, 0.6) is 5.75 Å². The average Bonchev–Trinajstić information content (AvgIpc) is 3.50. The highest BCUT2D eigenvalue weighted by Crippen LogP contribution is 2.44. The van der Waals surface area contributed by atoms with Crippen molar-refractivity contribution in [1.29, 1.82) is 0 Å². The minimum absolute atomic E-state index is 0.00327. The molecule has 0 unspecified atom stereocenters. The highest BCUT2D eigenvalue weighted by Gasteiger charge is 2.33. The van der Waals surface area contributed by atoms with Gasteiger partial charge in [0.1, 0.15) is 17.2 Å². The largest absolute Gasteiger partial charge is 0.471 e. The van der Waals surface area contributed by atoms with E-state index in [1.165, 1.54) is 17.9 Å². The SMILES string of the molecule is CC(=O)N(C)c1cccc(OC(F)F)c1[C@H]1CCc2nc3ccc(-c4cnc(C(C)(C)OCOP(=O)(O)O)nc4)cc3n21. The normalized spacial score (nSPS) is 15.2. The molecule has 0 radical (unpaired) electrons. The molecule has 3 heterocycles. The fourth-order valence-corrected chi connectivity index (χ4v) is 5.33. The monoisotopic (exact) mass is 617 g/mol. The quantitative estimate of drug-likeness (QED) is 0.185. The molecule has 0 fully saturated rings. The van der Waals surface area contributed by atoms with Gasteiger partial charge in [0.25, 0.3) is 0 Å². The molecule has 5 rings (SSSR count). The number of imidazole rings is 1. The Bertz CT molecular complexity index is 1710. The Hall–Kier alpha value is -3.81. The van der Waals surface area contributed by atoms with Crippen LogP contribution in [0.3, 0.4) is 0 Å². The van der Waals surface area contributed by atoms with Gasteiger partial charge in [-0.25, -0.2) is 19.5 Å². The van der Waals surface area contributed by atoms with Crippen molar-refractivity contribution in [2.24, 2.45) is 0 Å². The Labute approximate surface area is 245 Å². The number of carbonyl (C=O) groups is 1. The number of aromatic nitrogens is 4. The van der Waals surface area contributed by atoms with Gasteiger partial charge in [0.15, 0.2) is 12.6 Å². The number of benzene rings is 2. The molecule has 1 atom stereocenters. The van der Waals surface area contributed by atoms with Crippen molar-refractivity contribution in [3.8, 4) is 16.9 Å². The number of halogens is 2. The zero-order chi connectivity index (χ0) is 31.1. The summed E-state index contributed by atoms with van der Waals surface area (Å²) in [6, 6.07) is 9.99. The Balaban J connectivity index is 1.51. The van der Waals surface area contributed by atoms with Crippen molar-refractivity contribution in [1.82, 2.24) is 19.5 Å². The molecule has 0 bridgehead atoms. The number of amides is 1. The van der Waals surface area contributed by atoms with E-state index >= 15 is 0 Å². The lowest BCUT2D eigenvalue weighted by atomic mass is 9.99. The molecular formula is C28H30F2N5O7P. The van der Waals surface area contributed by atoms with E-state index in [2.05, 4.69) is 14.5 Å². The van der Waals surface area contributed by atoms with Gasteiger partial charge in [-0.1, -0.05) is 12.1 Å². The number of hydrogen-bond acceptors (Lipinski definition) is 8. The third-order valence-corrected chi connectivity index (χ3v) is 7.75. The second-order valence-electron chi connectivity index (χ2n) is 10.5. The van der Waals surface area contributed by atoms with Gasteiger partial charge < -0.3 is 28.7 Å². The van der Waals surface area contributed by atoms with E-state index < -0.39 is 32.9 Å². The maximum atomic E-state index is 13.4. The fourth-order valence-electron chi connectivity index (χ4n) is 5.14. The number of rotatable bonds is 10. The fraction of sp³-hybridized carbons (Fsp3) is 0.357. The van der Waals surface area contributed by atoms with Crippen LogP contribution < -0.4 is 9.64 Å². The molecule has 0 saturated heterocycles. The van der Waals surface area contributed by atoms with Gasteiger partial charge in [-0.05, 0) is 50.1 Å². The highest BCUT2D eigenvalue weighted by atomic mass is 31.2. The number of aryl methyl sites for hydroxylation is 1. The highest BCUT2D eigenvalue weighted by molar-refractivity contribution is 7.46. The van der Waals surface area contributed by atoms with E-state index in [0.717, 1.165) is 16.9 Å². The number of phosphoric ester groups is 1. The number of hydrogen-bond donors (Lipinski definition) is 2. The number of nitrogens with zero attached hydrogens (tertiary/aromatic N) is 5. The maximum Gasteiger partial charge on any atom is 0.471 e. The van der Waals surface area contributed by atoms with Crippen molar-refractivity contribution in [2.75, 3.05) is 18.7 Å². The molecule has 2 aromatic heterocycles. The summed E-state index contributed by atoms with van der Waals surface area (Å²) in [7, 11) is -3.10. The summed E-state index contributed by atoms with van der Waals surface area (Å²) in [5, 5.41) is 0. The zero-order valence-electron chi connectivity index (χ0n) is 23.8. The summed E-state index contributed by atoms with van der Waals surface area (Å²) in [6.45, 7) is 0.989. The molecule has 4 aromatic rings. The molecule has 15 heteroatoms. The zero-order valence-corrected chi connectivity index (χ0v) is 24.7. The summed E-state index contributed by atoms with van der Waals surface area (Å²) in [5.74, 6) is 0.799. The average molecular weight is 618 g/mol. The first kappa shape index (κ1) is 30.6. The Morgan fingerprint density at radius 1 is 1.19 bits per heavy atom. The van der Waals surface area contributed by atoms with E-state index in [1.54, 1.807) is 45.4 Å². The van der Waals surface area contributed by atoms with Crippen molar-refractivity contribution >= 4 is 30.5 Å². The molecule has 0 spiro atoms. The van der Waals surface area contributed by atoms with Crippen LogP contribution in [-0.2, 0) is 30.6 Å². The van der Waals surface area contributed by atoms with Crippen molar-refractivity contribution in [2.45, 2.75) is 51.9 Å². The van der Waals surface area contributed by atoms with E-state index in [9.17, 15) is 18.1 Å². The van der Waals surface area contributed by atoms with Crippen LogP contribution in [-0.4, -0.2) is 55.7 Å². The van der Waals surface area contributed by atoms with E-state index in [1.807, 2.05) is 22.8 Å². The number of carbonyl (C=O) groups excluding carboxylic acids is 1. The number of phosphoric acid groups is 1. The van der Waals surface area contributed by atoms with Crippen LogP contribution in [0.4, 0.5) is 14.5 Å². The molecule has 2 N–H and O–H groups in total. The van der Waals surface area contributed by atoms with Gasteiger partial charge in [-0.2, -0.15) is 8.78 Å². The summed E-state index contributed by atoms with van der Waals surface area (Å²) in [6.07, 6.45) is 4.37. The smallest absolute Gasteiger partial charge is 0.434 e. The molecule has 0 saturated carbocycles. The van der Waals surface area contributed by atoms with Gasteiger partial charge in [0, 0.05) is 43.9 Å². The molecular weight excluding hydrogens is 587 g/mol. The standard InChI is InChI=1S/C28H30F2N5O7P/c1-16(36)34(4)20-6-5-7-23(42-27(29)30)25(20)21-10-11-24-33-19-9-8-17(12-22(19)35(21)24)18-13-31-26(32-14-18)28(2,3)40-15-41-43(37,38)39/h5-9,12-14,21,27H,10-11,15H2,1-4H3,(H2,37,38,39)/t21-/m1/s1. The first-order valence-corrected chi connectivity index (χ1v) is 14.8. The van der Waals surface area contributed by atoms with Gasteiger partial charge in [0.2, 0.25) is 5.91 Å². The van der Waals surface area contributed by atoms with Gasteiger partial charge in [0.05, 0.1) is 22.8 Å². The molecule has 2 aromatic carbocycles. The molecule has 43 heavy (non-hydrogen) atoms. The van der Waals surface area contributed by atoms with Crippen molar-refractivity contribution in [3.05, 3.63) is 66.0 Å². The molecule has 1 aliphatic heterocycles. The Morgan fingerprint density at radius 3 is 2.56 bits per heavy atom. The molecule has 228 valence electrons. The number of ether oxygens (including phenoxy) is 2. The van der Waals surface area contributed by atoms with Crippen LogP contribution in [0.1, 0.15) is 50.4 Å². The van der Waals surface area contributed by atoms with Gasteiger partial charge >= 0.3 is 14.4 Å². The second kappa shape index (κ2) is 11.7. The molecule has 1 amide bonds. The first-order chi connectivity index (χ1) is 20.2. The predicted octanol–water partition coefficient (Wildman–Crippen LogP) is 4.93. The van der Waals surface area contributed by atoms with Crippen LogP contribution in [0.25, 0.3) is 22.2 Å².